The van der Waals surface area contributed by atoms with Gasteiger partial charge in [0.05, 0.1) is 6.61 Å². The van der Waals surface area contributed by atoms with E-state index in [0.717, 1.165) is 33.2 Å². The average molecular weight is 312 g/mol. The van der Waals surface area contributed by atoms with Crippen LogP contribution in [-0.4, -0.2) is 23.1 Å². The number of ether oxygens (including phenoxy) is 1. The molecule has 1 aromatic carbocycles. The van der Waals surface area contributed by atoms with Gasteiger partial charge in [-0.25, -0.2) is 0 Å². The van der Waals surface area contributed by atoms with Crippen LogP contribution >= 0.6 is 34.9 Å². The fourth-order valence-corrected chi connectivity index (χ4v) is 3.78. The van der Waals surface area contributed by atoms with Crippen molar-refractivity contribution in [2.45, 2.75) is 27.8 Å². The van der Waals surface area contributed by atoms with Crippen LogP contribution in [0.4, 0.5) is 0 Å². The minimum absolute atomic E-state index is 0.774. The lowest BCUT2D eigenvalue weighted by Crippen LogP contribution is -1.94. The van der Waals surface area contributed by atoms with E-state index >= 15 is 0 Å². The summed E-state index contributed by atoms with van der Waals surface area (Å²) in [7, 11) is 0. The van der Waals surface area contributed by atoms with E-state index in [9.17, 15) is 0 Å². The Kier molecular flexibility index (Phi) is 6.00. The molecule has 0 bridgehead atoms. The van der Waals surface area contributed by atoms with Crippen molar-refractivity contribution in [2.24, 2.45) is 0 Å². The summed E-state index contributed by atoms with van der Waals surface area (Å²) in [4.78, 5) is 0. The Hall–Kier alpha value is -0.720. The number of nitrogens with zero attached hydrogens (tertiary/aromatic N) is 2. The second-order valence-electron chi connectivity index (χ2n) is 3.82. The van der Waals surface area contributed by atoms with Crippen molar-refractivity contribution in [3.05, 3.63) is 29.8 Å². The Balaban J connectivity index is 1.85. The van der Waals surface area contributed by atoms with E-state index < -0.39 is 0 Å². The predicted octanol–water partition coefficient (Wildman–Crippen LogP) is 4.34. The van der Waals surface area contributed by atoms with Crippen LogP contribution in [0.25, 0.3) is 0 Å². The van der Waals surface area contributed by atoms with Gasteiger partial charge >= 0.3 is 0 Å². The molecule has 0 saturated heterocycles. The maximum atomic E-state index is 5.56. The highest BCUT2D eigenvalue weighted by molar-refractivity contribution is 8.02. The summed E-state index contributed by atoms with van der Waals surface area (Å²) in [5.41, 5.74) is 1.27. The molecule has 2 aromatic rings. The van der Waals surface area contributed by atoms with Crippen LogP contribution in [0.3, 0.4) is 0 Å². The van der Waals surface area contributed by atoms with Crippen molar-refractivity contribution in [1.29, 1.82) is 0 Å². The summed E-state index contributed by atoms with van der Waals surface area (Å²) in [6.07, 6.45) is 3.05. The number of hydrogen-bond acceptors (Lipinski definition) is 6. The van der Waals surface area contributed by atoms with Crippen molar-refractivity contribution >= 4 is 34.9 Å². The van der Waals surface area contributed by atoms with E-state index in [1.165, 1.54) is 5.56 Å². The van der Waals surface area contributed by atoms with E-state index in [2.05, 4.69) is 29.3 Å². The Morgan fingerprint density at radius 3 is 2.53 bits per heavy atom. The minimum Gasteiger partial charge on any atom is -0.494 e. The number of rotatable bonds is 7. The zero-order valence-corrected chi connectivity index (χ0v) is 13.4. The van der Waals surface area contributed by atoms with Crippen LogP contribution in [0.15, 0.2) is 32.9 Å². The SMILES string of the molecule is CCCOc1ccc(CSc2nnc(SC)s2)cc1. The molecule has 19 heavy (non-hydrogen) atoms. The second-order valence-corrected chi connectivity index (χ2v) is 7.07. The normalized spacial score (nSPS) is 10.6. The van der Waals surface area contributed by atoms with Gasteiger partial charge in [0.2, 0.25) is 0 Å². The molecule has 0 atom stereocenters. The molecule has 102 valence electrons. The van der Waals surface area contributed by atoms with E-state index in [4.69, 9.17) is 4.74 Å². The largest absolute Gasteiger partial charge is 0.494 e. The van der Waals surface area contributed by atoms with Crippen molar-refractivity contribution in [1.82, 2.24) is 10.2 Å². The number of benzene rings is 1. The van der Waals surface area contributed by atoms with Crippen LogP contribution in [0.2, 0.25) is 0 Å². The molecule has 6 heteroatoms. The van der Waals surface area contributed by atoms with Crippen LogP contribution < -0.4 is 4.74 Å². The first-order valence-electron chi connectivity index (χ1n) is 6.04. The molecule has 0 unspecified atom stereocenters. The third kappa shape index (κ3) is 4.71. The van der Waals surface area contributed by atoms with Gasteiger partial charge in [0, 0.05) is 5.75 Å². The lowest BCUT2D eigenvalue weighted by atomic mass is 10.2. The summed E-state index contributed by atoms with van der Waals surface area (Å²) < 4.78 is 7.60. The Bertz CT molecular complexity index is 499. The molecule has 0 N–H and O–H groups in total. The molecule has 0 aliphatic heterocycles. The molecular formula is C13H16N2OS3. The van der Waals surface area contributed by atoms with Gasteiger partial charge in [-0.3, -0.25) is 0 Å². The number of hydrogen-bond donors (Lipinski definition) is 0. The van der Waals surface area contributed by atoms with Gasteiger partial charge in [-0.15, -0.1) is 10.2 Å². The smallest absolute Gasteiger partial charge is 0.175 e. The molecule has 0 aliphatic carbocycles. The van der Waals surface area contributed by atoms with Crippen LogP contribution in [-0.2, 0) is 5.75 Å². The second kappa shape index (κ2) is 7.77. The zero-order valence-electron chi connectivity index (χ0n) is 11.0. The highest BCUT2D eigenvalue weighted by Crippen LogP contribution is 2.29. The Morgan fingerprint density at radius 2 is 1.89 bits per heavy atom. The van der Waals surface area contributed by atoms with Gasteiger partial charge in [0.25, 0.3) is 0 Å². The molecule has 3 nitrogen and oxygen atoms in total. The van der Waals surface area contributed by atoms with E-state index in [0.29, 0.717) is 0 Å². The first-order chi connectivity index (χ1) is 9.31. The molecule has 1 heterocycles. The van der Waals surface area contributed by atoms with Gasteiger partial charge in [0.1, 0.15) is 5.75 Å². The fourth-order valence-electron chi connectivity index (χ4n) is 1.38. The highest BCUT2D eigenvalue weighted by atomic mass is 32.2. The van der Waals surface area contributed by atoms with Crippen molar-refractivity contribution in [3.63, 3.8) is 0 Å². The molecule has 2 rings (SSSR count). The molecule has 0 radical (unpaired) electrons. The van der Waals surface area contributed by atoms with Gasteiger partial charge in [-0.05, 0) is 30.4 Å². The third-order valence-electron chi connectivity index (χ3n) is 2.32. The summed E-state index contributed by atoms with van der Waals surface area (Å²) in [6.45, 7) is 2.88. The average Bonchev–Trinajstić information content (AvgIpc) is 2.92. The summed E-state index contributed by atoms with van der Waals surface area (Å²) in [6, 6.07) is 8.26. The number of aromatic nitrogens is 2. The van der Waals surface area contributed by atoms with E-state index in [1.807, 2.05) is 18.4 Å². The summed E-state index contributed by atoms with van der Waals surface area (Å²) in [5.74, 6) is 1.85. The summed E-state index contributed by atoms with van der Waals surface area (Å²) >= 11 is 5.01. The molecular weight excluding hydrogens is 296 g/mol. The predicted molar refractivity (Wildman–Crippen MR) is 83.5 cm³/mol. The molecule has 0 fully saturated rings. The molecule has 0 amide bonds. The molecule has 0 aliphatic rings. The third-order valence-corrected chi connectivity index (χ3v) is 5.42. The Morgan fingerprint density at radius 1 is 1.16 bits per heavy atom. The Labute approximate surface area is 126 Å². The van der Waals surface area contributed by atoms with Gasteiger partial charge in [-0.1, -0.05) is 53.9 Å². The van der Waals surface area contributed by atoms with Crippen LogP contribution in [0, 0.1) is 0 Å². The lowest BCUT2D eigenvalue weighted by Gasteiger charge is -2.05. The quantitative estimate of drug-likeness (QED) is 0.711. The van der Waals surface area contributed by atoms with Crippen molar-refractivity contribution in [3.8, 4) is 5.75 Å². The van der Waals surface area contributed by atoms with Crippen LogP contribution in [0.5, 0.6) is 5.75 Å². The van der Waals surface area contributed by atoms with Crippen LogP contribution in [0.1, 0.15) is 18.9 Å². The highest BCUT2D eigenvalue weighted by Gasteiger charge is 2.04. The topological polar surface area (TPSA) is 35.0 Å². The molecule has 1 aromatic heterocycles. The maximum absolute atomic E-state index is 5.56. The van der Waals surface area contributed by atoms with Crippen molar-refractivity contribution < 1.29 is 4.74 Å². The lowest BCUT2D eigenvalue weighted by molar-refractivity contribution is 0.317. The standard InChI is InChI=1S/C13H16N2OS3/c1-3-8-16-11-6-4-10(5-7-11)9-18-13-15-14-12(17-2)19-13/h4-7H,3,8-9H2,1-2H3. The van der Waals surface area contributed by atoms with Gasteiger partial charge < -0.3 is 4.74 Å². The monoisotopic (exact) mass is 312 g/mol. The fraction of sp³-hybridized carbons (Fsp3) is 0.385. The van der Waals surface area contributed by atoms with Gasteiger partial charge in [-0.2, -0.15) is 0 Å². The van der Waals surface area contributed by atoms with Gasteiger partial charge in [0.15, 0.2) is 8.68 Å². The zero-order chi connectivity index (χ0) is 13.5. The van der Waals surface area contributed by atoms with E-state index in [1.54, 1.807) is 34.9 Å². The maximum Gasteiger partial charge on any atom is 0.175 e. The molecule has 0 saturated carbocycles. The first-order valence-corrected chi connectivity index (χ1v) is 9.06. The molecule has 0 spiro atoms. The van der Waals surface area contributed by atoms with E-state index in [-0.39, 0.29) is 0 Å². The van der Waals surface area contributed by atoms with Crippen molar-refractivity contribution in [2.75, 3.05) is 12.9 Å². The first kappa shape index (κ1) is 14.7. The minimum atomic E-state index is 0.774. The summed E-state index contributed by atoms with van der Waals surface area (Å²) in [5, 5.41) is 8.23. The number of thioether (sulfide) groups is 2.